The van der Waals surface area contributed by atoms with Crippen molar-refractivity contribution in [2.24, 2.45) is 5.41 Å². The van der Waals surface area contributed by atoms with E-state index in [1.807, 2.05) is 6.92 Å². The molecule has 1 fully saturated rings. The zero-order valence-electron chi connectivity index (χ0n) is 8.83. The van der Waals surface area contributed by atoms with Crippen molar-refractivity contribution in [2.45, 2.75) is 20.3 Å². The van der Waals surface area contributed by atoms with E-state index < -0.39 is 5.41 Å². The third-order valence-electron chi connectivity index (χ3n) is 2.55. The number of amides is 1. The summed E-state index contributed by atoms with van der Waals surface area (Å²) in [6.07, 6.45) is 3.64. The van der Waals surface area contributed by atoms with Gasteiger partial charge in [0, 0.05) is 13.2 Å². The predicted octanol–water partition coefficient (Wildman–Crippen LogP) is 1.51. The Kier molecular flexibility index (Phi) is 2.60. The molecule has 1 rings (SSSR count). The lowest BCUT2D eigenvalue weighted by atomic mass is 10.1. The molecule has 0 aliphatic heterocycles. The number of rotatable bonds is 3. The van der Waals surface area contributed by atoms with Crippen LogP contribution in [0, 0.1) is 5.41 Å². The molecular formula is C11H15NO2. The van der Waals surface area contributed by atoms with Gasteiger partial charge in [-0.05, 0) is 26.3 Å². The van der Waals surface area contributed by atoms with Crippen LogP contribution in [0.5, 0.6) is 0 Å². The first-order valence-electron chi connectivity index (χ1n) is 4.52. The summed E-state index contributed by atoms with van der Waals surface area (Å²) in [5.74, 6) is -0.0653. The fraction of sp³-hybridized carbons (Fsp3) is 0.455. The third kappa shape index (κ3) is 1.92. The van der Waals surface area contributed by atoms with Crippen LogP contribution in [0.2, 0.25) is 0 Å². The quantitative estimate of drug-likeness (QED) is 0.503. The zero-order valence-corrected chi connectivity index (χ0v) is 8.83. The van der Waals surface area contributed by atoms with E-state index in [2.05, 4.69) is 6.58 Å². The summed E-state index contributed by atoms with van der Waals surface area (Å²) in [7, 11) is 1.65. The Morgan fingerprint density at radius 3 is 2.43 bits per heavy atom. The molecule has 0 bridgehead atoms. The first-order chi connectivity index (χ1) is 6.38. The van der Waals surface area contributed by atoms with Crippen molar-refractivity contribution in [1.29, 1.82) is 0 Å². The van der Waals surface area contributed by atoms with Gasteiger partial charge in [0.05, 0.1) is 5.41 Å². The molecular weight excluding hydrogens is 178 g/mol. The van der Waals surface area contributed by atoms with Crippen molar-refractivity contribution in [3.05, 3.63) is 24.4 Å². The predicted molar refractivity (Wildman–Crippen MR) is 54.5 cm³/mol. The van der Waals surface area contributed by atoms with E-state index >= 15 is 0 Å². The number of hydrogen-bond donors (Lipinski definition) is 0. The summed E-state index contributed by atoms with van der Waals surface area (Å²) >= 11 is 0. The fourth-order valence-corrected chi connectivity index (χ4v) is 1.28. The van der Waals surface area contributed by atoms with Crippen molar-refractivity contribution in [2.75, 3.05) is 7.05 Å². The van der Waals surface area contributed by atoms with E-state index in [9.17, 15) is 9.59 Å². The van der Waals surface area contributed by atoms with Gasteiger partial charge in [0.2, 0.25) is 5.91 Å². The maximum atomic E-state index is 11.8. The Morgan fingerprint density at radius 1 is 1.57 bits per heavy atom. The maximum absolute atomic E-state index is 11.8. The normalized spacial score (nSPS) is 25.2. The lowest BCUT2D eigenvalue weighted by Gasteiger charge is -2.16. The molecule has 0 aromatic heterocycles. The average molecular weight is 193 g/mol. The second-order valence-electron chi connectivity index (χ2n) is 3.95. The maximum Gasteiger partial charge on any atom is 0.236 e. The highest BCUT2D eigenvalue weighted by Gasteiger charge is 2.50. The Morgan fingerprint density at radius 2 is 2.07 bits per heavy atom. The largest absolute Gasteiger partial charge is 0.321 e. The highest BCUT2D eigenvalue weighted by atomic mass is 16.2. The van der Waals surface area contributed by atoms with Gasteiger partial charge in [-0.25, -0.2) is 0 Å². The monoisotopic (exact) mass is 193 g/mol. The SMILES string of the molecule is C=C1C[C@]1(C)C(=O)N(C)/C=C/C(C)=O. The van der Waals surface area contributed by atoms with Crippen LogP contribution in [0.1, 0.15) is 20.3 Å². The molecule has 3 heteroatoms. The second-order valence-corrected chi connectivity index (χ2v) is 3.95. The van der Waals surface area contributed by atoms with Crippen LogP contribution in [0.4, 0.5) is 0 Å². The average Bonchev–Trinajstić information content (AvgIpc) is 2.70. The molecule has 1 saturated carbocycles. The van der Waals surface area contributed by atoms with Gasteiger partial charge >= 0.3 is 0 Å². The molecule has 0 N–H and O–H groups in total. The lowest BCUT2D eigenvalue weighted by Crippen LogP contribution is -2.28. The van der Waals surface area contributed by atoms with Crippen LogP contribution in [0.15, 0.2) is 24.4 Å². The zero-order chi connectivity index (χ0) is 10.9. The number of carbonyl (C=O) groups is 2. The van der Waals surface area contributed by atoms with Gasteiger partial charge in [-0.3, -0.25) is 9.59 Å². The molecule has 0 saturated heterocycles. The molecule has 14 heavy (non-hydrogen) atoms. The van der Waals surface area contributed by atoms with Crippen molar-refractivity contribution in [3.63, 3.8) is 0 Å². The van der Waals surface area contributed by atoms with E-state index in [0.717, 1.165) is 12.0 Å². The van der Waals surface area contributed by atoms with Crippen molar-refractivity contribution < 1.29 is 9.59 Å². The highest BCUT2D eigenvalue weighted by Crippen LogP contribution is 2.51. The van der Waals surface area contributed by atoms with Gasteiger partial charge in [-0.1, -0.05) is 12.2 Å². The molecule has 3 nitrogen and oxygen atoms in total. The van der Waals surface area contributed by atoms with Gasteiger partial charge in [-0.15, -0.1) is 0 Å². The van der Waals surface area contributed by atoms with Crippen molar-refractivity contribution in [1.82, 2.24) is 4.90 Å². The van der Waals surface area contributed by atoms with Crippen LogP contribution in [0.25, 0.3) is 0 Å². The summed E-state index contributed by atoms with van der Waals surface area (Å²) in [4.78, 5) is 23.9. The molecule has 0 aromatic carbocycles. The van der Waals surface area contributed by atoms with Gasteiger partial charge in [0.15, 0.2) is 5.78 Å². The molecule has 0 spiro atoms. The Labute approximate surface area is 84.1 Å². The number of nitrogens with zero attached hydrogens (tertiary/aromatic N) is 1. The van der Waals surface area contributed by atoms with Gasteiger partial charge < -0.3 is 4.90 Å². The number of hydrogen-bond acceptors (Lipinski definition) is 2. The molecule has 0 heterocycles. The smallest absolute Gasteiger partial charge is 0.236 e. The van der Waals surface area contributed by atoms with Crippen LogP contribution in [0.3, 0.4) is 0 Å². The standard InChI is InChI=1S/C11H15NO2/c1-8-7-11(8,3)10(14)12(4)6-5-9(2)13/h5-6H,1,7H2,2-4H3/b6-5+/t11-/m0/s1. The van der Waals surface area contributed by atoms with E-state index in [4.69, 9.17) is 0 Å². The minimum atomic E-state index is -0.393. The van der Waals surface area contributed by atoms with Crippen LogP contribution in [-0.4, -0.2) is 23.6 Å². The Balaban J connectivity index is 2.63. The minimum absolute atomic E-state index is 0.000000000000000444. The van der Waals surface area contributed by atoms with Gasteiger partial charge in [0.25, 0.3) is 0 Å². The van der Waals surface area contributed by atoms with E-state index in [1.165, 1.54) is 24.1 Å². The van der Waals surface area contributed by atoms with E-state index in [-0.39, 0.29) is 11.7 Å². The van der Waals surface area contributed by atoms with Gasteiger partial charge in [0.1, 0.15) is 0 Å². The minimum Gasteiger partial charge on any atom is -0.321 e. The summed E-state index contributed by atoms with van der Waals surface area (Å²) in [5.41, 5.74) is 0.571. The Hall–Kier alpha value is -1.38. The van der Waals surface area contributed by atoms with E-state index in [0.29, 0.717) is 0 Å². The molecule has 1 atom stereocenters. The van der Waals surface area contributed by atoms with Crippen LogP contribution in [-0.2, 0) is 9.59 Å². The Bertz CT molecular complexity index is 330. The molecule has 0 radical (unpaired) electrons. The first-order valence-corrected chi connectivity index (χ1v) is 4.52. The number of carbonyl (C=O) groups excluding carboxylic acids is 2. The first kappa shape index (κ1) is 10.7. The molecule has 1 aliphatic rings. The fourth-order valence-electron chi connectivity index (χ4n) is 1.28. The lowest BCUT2D eigenvalue weighted by molar-refractivity contribution is -0.131. The van der Waals surface area contributed by atoms with Crippen molar-refractivity contribution >= 4 is 11.7 Å². The third-order valence-corrected chi connectivity index (χ3v) is 2.55. The molecule has 76 valence electrons. The summed E-state index contributed by atoms with van der Waals surface area (Å²) in [5, 5.41) is 0. The van der Waals surface area contributed by atoms with Gasteiger partial charge in [-0.2, -0.15) is 0 Å². The van der Waals surface area contributed by atoms with Crippen LogP contribution >= 0.6 is 0 Å². The molecule has 0 unspecified atom stereocenters. The van der Waals surface area contributed by atoms with Crippen molar-refractivity contribution in [3.8, 4) is 0 Å². The molecule has 1 amide bonds. The summed E-state index contributed by atoms with van der Waals surface area (Å²) < 4.78 is 0. The second kappa shape index (κ2) is 3.40. The number of allylic oxidation sites excluding steroid dienone is 1. The van der Waals surface area contributed by atoms with E-state index in [1.54, 1.807) is 7.05 Å². The summed E-state index contributed by atoms with van der Waals surface area (Å²) in [6, 6.07) is 0. The summed E-state index contributed by atoms with van der Waals surface area (Å²) in [6.45, 7) is 7.10. The molecule has 0 aromatic rings. The highest BCUT2D eigenvalue weighted by molar-refractivity contribution is 5.92. The molecule has 1 aliphatic carbocycles. The number of ketones is 1. The topological polar surface area (TPSA) is 37.4 Å². The van der Waals surface area contributed by atoms with Crippen LogP contribution < -0.4 is 0 Å².